The Morgan fingerprint density at radius 2 is 1.88 bits per heavy atom. The van der Waals surface area contributed by atoms with Crippen molar-refractivity contribution in [3.8, 4) is 0 Å². The molecule has 0 saturated carbocycles. The highest BCUT2D eigenvalue weighted by molar-refractivity contribution is 7.91. The number of aromatic nitrogens is 1. The maximum Gasteiger partial charge on any atom is 0.329 e. The largest absolute Gasteiger partial charge is 0.333 e. The summed E-state index contributed by atoms with van der Waals surface area (Å²) < 4.78 is 25.6. The molecule has 0 fully saturated rings. The molecule has 1 heterocycles. The second kappa shape index (κ2) is 8.20. The third kappa shape index (κ3) is 4.99. The molecule has 2 aromatic rings. The molecule has 0 unspecified atom stereocenters. The normalized spacial score (nSPS) is 11.2. The van der Waals surface area contributed by atoms with E-state index in [-0.39, 0.29) is 4.34 Å². The first-order chi connectivity index (χ1) is 11.4. The van der Waals surface area contributed by atoms with E-state index in [1.807, 2.05) is 29.7 Å². The maximum atomic E-state index is 11.7. The van der Waals surface area contributed by atoms with E-state index in [2.05, 4.69) is 15.0 Å². The number of hydrogen-bond donors (Lipinski definition) is 4. The van der Waals surface area contributed by atoms with Crippen LogP contribution in [-0.4, -0.2) is 26.5 Å². The van der Waals surface area contributed by atoms with Crippen LogP contribution in [0.1, 0.15) is 16.8 Å². The lowest BCUT2D eigenvalue weighted by molar-refractivity contribution is 0.241. The summed E-state index contributed by atoms with van der Waals surface area (Å²) in [6.07, 6.45) is 1.41. The van der Waals surface area contributed by atoms with Crippen molar-refractivity contribution >= 4 is 27.4 Å². The van der Waals surface area contributed by atoms with Gasteiger partial charge in [0.1, 0.15) is 0 Å². The van der Waals surface area contributed by atoms with Crippen LogP contribution in [0.2, 0.25) is 0 Å². The summed E-state index contributed by atoms with van der Waals surface area (Å²) >= 11 is 1.11. The quantitative estimate of drug-likeness (QED) is 0.321. The molecule has 2 amide bonds. The molecule has 1 aromatic heterocycles. The van der Waals surface area contributed by atoms with Gasteiger partial charge in [-0.25, -0.2) is 28.8 Å². The Balaban J connectivity index is 1.90. The van der Waals surface area contributed by atoms with E-state index in [0.717, 1.165) is 34.6 Å². The zero-order valence-corrected chi connectivity index (χ0v) is 14.7. The van der Waals surface area contributed by atoms with Crippen LogP contribution in [0.4, 0.5) is 4.79 Å². The zero-order valence-electron chi connectivity index (χ0n) is 13.1. The number of thiazole rings is 1. The summed E-state index contributed by atoms with van der Waals surface area (Å²) in [6, 6.07) is 7.34. The number of hydrazine groups is 1. The average Bonchev–Trinajstić information content (AvgIpc) is 3.08. The molecule has 0 spiro atoms. The van der Waals surface area contributed by atoms with Gasteiger partial charge < -0.3 is 5.32 Å². The summed E-state index contributed by atoms with van der Waals surface area (Å²) in [6.45, 7) is 0.390. The molecule has 2 rings (SSSR count). The summed E-state index contributed by atoms with van der Waals surface area (Å²) in [5.74, 6) is 4.98. The number of sulfonamides is 1. The van der Waals surface area contributed by atoms with Crippen molar-refractivity contribution in [2.45, 2.75) is 23.7 Å². The number of hydrogen-bond acceptors (Lipinski definition) is 6. The number of nitrogens with two attached hydrogens (primary N) is 1. The Hall–Kier alpha value is -2.01. The van der Waals surface area contributed by atoms with Crippen molar-refractivity contribution < 1.29 is 13.2 Å². The Morgan fingerprint density at radius 3 is 2.50 bits per heavy atom. The van der Waals surface area contributed by atoms with E-state index in [1.165, 1.54) is 7.05 Å². The molecule has 0 aliphatic carbocycles. The van der Waals surface area contributed by atoms with Crippen LogP contribution in [-0.2, 0) is 29.4 Å². The Morgan fingerprint density at radius 1 is 1.21 bits per heavy atom. The highest BCUT2D eigenvalue weighted by atomic mass is 32.2. The summed E-state index contributed by atoms with van der Waals surface area (Å²) in [4.78, 5) is 15.2. The molecular formula is C14H19N5O3S2. The van der Waals surface area contributed by atoms with Gasteiger partial charge in [-0.2, -0.15) is 0 Å². The molecule has 0 saturated heterocycles. The number of nitrogens with zero attached hydrogens (tertiary/aromatic N) is 1. The van der Waals surface area contributed by atoms with Crippen molar-refractivity contribution in [3.05, 3.63) is 46.5 Å². The van der Waals surface area contributed by atoms with Gasteiger partial charge in [-0.15, -0.1) is 11.3 Å². The molecule has 0 radical (unpaired) electrons. The van der Waals surface area contributed by atoms with Crippen LogP contribution in [0.5, 0.6) is 0 Å². The lowest BCUT2D eigenvalue weighted by atomic mass is 10.1. The third-order valence-corrected chi connectivity index (χ3v) is 6.02. The summed E-state index contributed by atoms with van der Waals surface area (Å²) in [5.41, 5.74) is 4.81. The van der Waals surface area contributed by atoms with Gasteiger partial charge in [-0.3, -0.25) is 5.43 Å². The van der Waals surface area contributed by atoms with Gasteiger partial charge in [0, 0.05) is 11.9 Å². The fourth-order valence-corrected chi connectivity index (χ4v) is 3.83. The molecule has 5 N–H and O–H groups in total. The van der Waals surface area contributed by atoms with Gasteiger partial charge in [0.15, 0.2) is 0 Å². The second-order valence-corrected chi connectivity index (χ2v) is 7.87. The average molecular weight is 369 g/mol. The second-order valence-electron chi connectivity index (χ2n) is 4.96. The van der Waals surface area contributed by atoms with E-state index in [9.17, 15) is 13.2 Å². The van der Waals surface area contributed by atoms with E-state index in [1.54, 1.807) is 5.38 Å². The van der Waals surface area contributed by atoms with Crippen molar-refractivity contribution in [2.24, 2.45) is 5.84 Å². The number of benzene rings is 1. The van der Waals surface area contributed by atoms with Gasteiger partial charge in [0.25, 0.3) is 10.0 Å². The molecular weight excluding hydrogens is 350 g/mol. The van der Waals surface area contributed by atoms with Crippen molar-refractivity contribution in [1.82, 2.24) is 20.4 Å². The van der Waals surface area contributed by atoms with Gasteiger partial charge >= 0.3 is 6.03 Å². The molecule has 0 bridgehead atoms. The van der Waals surface area contributed by atoms with Crippen LogP contribution >= 0.6 is 11.3 Å². The SMILES string of the molecule is CNS(=O)(=O)c1nc(CCc2ccc(CNC(=O)NN)cc2)cs1. The van der Waals surface area contributed by atoms with Crippen LogP contribution in [0.25, 0.3) is 0 Å². The van der Waals surface area contributed by atoms with Gasteiger partial charge in [-0.05, 0) is 31.0 Å². The first kappa shape index (κ1) is 18.3. The highest BCUT2D eigenvalue weighted by Gasteiger charge is 2.16. The molecule has 10 heteroatoms. The topological polar surface area (TPSA) is 126 Å². The zero-order chi connectivity index (χ0) is 17.6. The maximum absolute atomic E-state index is 11.7. The van der Waals surface area contributed by atoms with Crippen LogP contribution in [0.15, 0.2) is 34.0 Å². The van der Waals surface area contributed by atoms with Crippen molar-refractivity contribution in [2.75, 3.05) is 7.05 Å². The molecule has 0 aliphatic rings. The van der Waals surface area contributed by atoms with E-state index in [0.29, 0.717) is 13.0 Å². The molecule has 130 valence electrons. The molecule has 0 aliphatic heterocycles. The van der Waals surface area contributed by atoms with Gasteiger partial charge in [0.05, 0.1) is 5.69 Å². The third-order valence-electron chi connectivity index (χ3n) is 3.31. The predicted molar refractivity (Wildman–Crippen MR) is 91.8 cm³/mol. The minimum atomic E-state index is -3.47. The Kier molecular flexibility index (Phi) is 6.26. The monoisotopic (exact) mass is 369 g/mol. The standard InChI is InChI=1S/C14H19N5O3S2/c1-16-24(21,22)14-18-12(9-23-14)7-6-10-2-4-11(5-3-10)8-17-13(20)19-15/h2-5,9,16H,6-8,15H2,1H3,(H2,17,19,20). The molecule has 0 atom stereocenters. The number of amides is 2. The number of carbonyl (C=O) groups is 1. The molecule has 24 heavy (non-hydrogen) atoms. The lowest BCUT2D eigenvalue weighted by Gasteiger charge is -2.05. The fourth-order valence-electron chi connectivity index (χ4n) is 1.94. The smallest absolute Gasteiger partial charge is 0.329 e. The van der Waals surface area contributed by atoms with Crippen LogP contribution in [0, 0.1) is 0 Å². The van der Waals surface area contributed by atoms with Crippen LogP contribution < -0.4 is 21.3 Å². The van der Waals surface area contributed by atoms with E-state index >= 15 is 0 Å². The van der Waals surface area contributed by atoms with E-state index in [4.69, 9.17) is 5.84 Å². The molecule has 1 aromatic carbocycles. The summed E-state index contributed by atoms with van der Waals surface area (Å²) in [7, 11) is -2.11. The van der Waals surface area contributed by atoms with Gasteiger partial charge in [0.2, 0.25) is 4.34 Å². The predicted octanol–water partition coefficient (Wildman–Crippen LogP) is 0.509. The number of nitrogens with one attached hydrogen (secondary N) is 3. The Bertz CT molecular complexity index is 787. The minimum absolute atomic E-state index is 0.0830. The van der Waals surface area contributed by atoms with Crippen molar-refractivity contribution in [3.63, 3.8) is 0 Å². The van der Waals surface area contributed by atoms with Crippen LogP contribution in [0.3, 0.4) is 0 Å². The first-order valence-corrected chi connectivity index (χ1v) is 9.51. The number of carbonyl (C=O) groups excluding carboxylic acids is 1. The first-order valence-electron chi connectivity index (χ1n) is 7.15. The highest BCUT2D eigenvalue weighted by Crippen LogP contribution is 2.17. The summed E-state index contributed by atoms with van der Waals surface area (Å²) in [5, 5.41) is 4.36. The number of aryl methyl sites for hydroxylation is 2. The fraction of sp³-hybridized carbons (Fsp3) is 0.286. The van der Waals surface area contributed by atoms with E-state index < -0.39 is 16.1 Å². The van der Waals surface area contributed by atoms with Gasteiger partial charge in [-0.1, -0.05) is 24.3 Å². The lowest BCUT2D eigenvalue weighted by Crippen LogP contribution is -2.39. The minimum Gasteiger partial charge on any atom is -0.333 e. The number of urea groups is 1. The molecule has 8 nitrogen and oxygen atoms in total. The number of rotatable bonds is 7. The Labute approximate surface area is 144 Å². The van der Waals surface area contributed by atoms with Crippen molar-refractivity contribution in [1.29, 1.82) is 0 Å².